The Morgan fingerprint density at radius 1 is 1.30 bits per heavy atom. The van der Waals surface area contributed by atoms with Gasteiger partial charge < -0.3 is 10.1 Å². The lowest BCUT2D eigenvalue weighted by molar-refractivity contribution is -0.0854. The van der Waals surface area contributed by atoms with Crippen molar-refractivity contribution in [1.82, 2.24) is 5.32 Å². The first-order valence-corrected chi connectivity index (χ1v) is 8.11. The summed E-state index contributed by atoms with van der Waals surface area (Å²) in [6.45, 7) is 9.77. The number of hydrogen-bond acceptors (Lipinski definition) is 2. The topological polar surface area (TPSA) is 21.3 Å². The fourth-order valence-electron chi connectivity index (χ4n) is 3.50. The Bertz CT molecular complexity index is 456. The molecule has 1 saturated carbocycles. The summed E-state index contributed by atoms with van der Waals surface area (Å²) in [7, 11) is 0. The van der Waals surface area contributed by atoms with Gasteiger partial charge in [-0.25, -0.2) is 0 Å². The fraction of sp³-hybridized carbons (Fsp3) is 0.647. The Labute approximate surface area is 127 Å². The van der Waals surface area contributed by atoms with E-state index in [1.54, 1.807) is 0 Å². The maximum absolute atomic E-state index is 6.26. The first-order chi connectivity index (χ1) is 9.57. The van der Waals surface area contributed by atoms with E-state index in [1.165, 1.54) is 0 Å². The maximum atomic E-state index is 6.26. The molecular weight excluding hydrogens is 270 g/mol. The average molecular weight is 296 g/mol. The number of rotatable bonds is 6. The zero-order valence-corrected chi connectivity index (χ0v) is 13.8. The van der Waals surface area contributed by atoms with E-state index >= 15 is 0 Å². The Morgan fingerprint density at radius 3 is 2.55 bits per heavy atom. The summed E-state index contributed by atoms with van der Waals surface area (Å²) in [5.41, 5.74) is 1.34. The number of hydrogen-bond donors (Lipinski definition) is 1. The van der Waals surface area contributed by atoms with E-state index < -0.39 is 0 Å². The number of nitrogens with one attached hydrogen (secondary N) is 1. The van der Waals surface area contributed by atoms with Gasteiger partial charge in [0.2, 0.25) is 0 Å². The normalized spacial score (nSPS) is 24.2. The van der Waals surface area contributed by atoms with Crippen molar-refractivity contribution in [3.63, 3.8) is 0 Å². The summed E-state index contributed by atoms with van der Waals surface area (Å²) in [6, 6.07) is 6.53. The standard InChI is InChI=1S/C17H26ClNO/c1-5-17(6-2)15(19-7-3)11-16(17)20-13-8-9-14(18)12(4)10-13/h8-10,15-16,19H,5-7,11H2,1-4H3. The van der Waals surface area contributed by atoms with Crippen LogP contribution in [-0.4, -0.2) is 18.7 Å². The average Bonchev–Trinajstić information content (AvgIpc) is 2.43. The molecule has 20 heavy (non-hydrogen) atoms. The van der Waals surface area contributed by atoms with Crippen molar-refractivity contribution in [2.24, 2.45) is 5.41 Å². The summed E-state index contributed by atoms with van der Waals surface area (Å²) in [5, 5.41) is 4.41. The van der Waals surface area contributed by atoms with Gasteiger partial charge in [0, 0.05) is 22.9 Å². The number of ether oxygens (including phenoxy) is 1. The minimum absolute atomic E-state index is 0.267. The van der Waals surface area contributed by atoms with Crippen LogP contribution in [0.3, 0.4) is 0 Å². The second-order valence-electron chi connectivity index (χ2n) is 5.80. The lowest BCUT2D eigenvalue weighted by Gasteiger charge is -2.55. The number of halogens is 1. The van der Waals surface area contributed by atoms with Crippen molar-refractivity contribution >= 4 is 11.6 Å². The third-order valence-electron chi connectivity index (χ3n) is 4.96. The van der Waals surface area contributed by atoms with Gasteiger partial charge in [0.1, 0.15) is 11.9 Å². The summed E-state index contributed by atoms with van der Waals surface area (Å²) in [6.07, 6.45) is 3.70. The molecular formula is C17H26ClNO. The van der Waals surface area contributed by atoms with Crippen molar-refractivity contribution < 1.29 is 4.74 Å². The first-order valence-electron chi connectivity index (χ1n) is 7.73. The van der Waals surface area contributed by atoms with Crippen LogP contribution in [0.2, 0.25) is 5.02 Å². The van der Waals surface area contributed by atoms with Crippen molar-refractivity contribution in [1.29, 1.82) is 0 Å². The summed E-state index contributed by atoms with van der Waals surface area (Å²) in [4.78, 5) is 0. The highest BCUT2D eigenvalue weighted by Gasteiger charge is 2.53. The lowest BCUT2D eigenvalue weighted by Crippen LogP contribution is -2.64. The summed E-state index contributed by atoms with van der Waals surface area (Å²) < 4.78 is 6.26. The van der Waals surface area contributed by atoms with Crippen molar-refractivity contribution in [2.75, 3.05) is 6.54 Å². The van der Waals surface area contributed by atoms with E-state index in [9.17, 15) is 0 Å². The second kappa shape index (κ2) is 6.36. The molecule has 2 rings (SSSR count). The minimum atomic E-state index is 0.267. The highest BCUT2D eigenvalue weighted by molar-refractivity contribution is 6.31. The van der Waals surface area contributed by atoms with E-state index in [0.29, 0.717) is 12.1 Å². The Morgan fingerprint density at radius 2 is 2.00 bits per heavy atom. The smallest absolute Gasteiger partial charge is 0.120 e. The third-order valence-corrected chi connectivity index (χ3v) is 5.38. The molecule has 2 nitrogen and oxygen atoms in total. The minimum Gasteiger partial charge on any atom is -0.490 e. The molecule has 0 amide bonds. The van der Waals surface area contributed by atoms with Crippen LogP contribution in [0.1, 0.15) is 45.6 Å². The Kier molecular flexibility index (Phi) is 4.98. The molecule has 0 aliphatic heterocycles. The van der Waals surface area contributed by atoms with Gasteiger partial charge in [-0.3, -0.25) is 0 Å². The molecule has 3 heteroatoms. The Balaban J connectivity index is 2.11. The van der Waals surface area contributed by atoms with Crippen LogP contribution in [0.15, 0.2) is 18.2 Å². The van der Waals surface area contributed by atoms with Gasteiger partial charge in [-0.15, -0.1) is 0 Å². The molecule has 1 aromatic rings. The van der Waals surface area contributed by atoms with Gasteiger partial charge in [0.15, 0.2) is 0 Å². The molecule has 1 aliphatic rings. The van der Waals surface area contributed by atoms with E-state index in [1.807, 2.05) is 25.1 Å². The largest absolute Gasteiger partial charge is 0.490 e. The van der Waals surface area contributed by atoms with E-state index in [4.69, 9.17) is 16.3 Å². The van der Waals surface area contributed by atoms with Gasteiger partial charge in [-0.1, -0.05) is 32.4 Å². The quantitative estimate of drug-likeness (QED) is 0.829. The van der Waals surface area contributed by atoms with Crippen LogP contribution in [-0.2, 0) is 0 Å². The maximum Gasteiger partial charge on any atom is 0.120 e. The highest BCUT2D eigenvalue weighted by Crippen LogP contribution is 2.49. The summed E-state index contributed by atoms with van der Waals surface area (Å²) >= 11 is 6.07. The van der Waals surface area contributed by atoms with Crippen molar-refractivity contribution in [3.8, 4) is 5.75 Å². The molecule has 1 N–H and O–H groups in total. The zero-order chi connectivity index (χ0) is 14.8. The predicted octanol–water partition coefficient (Wildman–Crippen LogP) is 4.58. The number of aryl methyl sites for hydroxylation is 1. The second-order valence-corrected chi connectivity index (χ2v) is 6.21. The van der Waals surface area contributed by atoms with Crippen molar-refractivity contribution in [2.45, 2.75) is 59.1 Å². The molecule has 0 heterocycles. The first kappa shape index (κ1) is 15.7. The molecule has 0 bridgehead atoms. The molecule has 0 saturated heterocycles. The third kappa shape index (κ3) is 2.68. The molecule has 0 radical (unpaired) electrons. The van der Waals surface area contributed by atoms with Crippen molar-refractivity contribution in [3.05, 3.63) is 28.8 Å². The highest BCUT2D eigenvalue weighted by atomic mass is 35.5. The lowest BCUT2D eigenvalue weighted by atomic mass is 9.58. The Hall–Kier alpha value is -0.730. The molecule has 112 valence electrons. The van der Waals surface area contributed by atoms with Crippen LogP contribution >= 0.6 is 11.6 Å². The van der Waals surface area contributed by atoms with Gasteiger partial charge in [-0.05, 0) is 50.1 Å². The fourth-order valence-corrected chi connectivity index (χ4v) is 3.62. The van der Waals surface area contributed by atoms with Gasteiger partial charge >= 0.3 is 0 Å². The van der Waals surface area contributed by atoms with E-state index in [2.05, 4.69) is 26.1 Å². The molecule has 2 atom stereocenters. The monoisotopic (exact) mass is 295 g/mol. The van der Waals surface area contributed by atoms with Crippen LogP contribution < -0.4 is 10.1 Å². The molecule has 0 spiro atoms. The zero-order valence-electron chi connectivity index (χ0n) is 13.0. The predicted molar refractivity (Wildman–Crippen MR) is 85.7 cm³/mol. The van der Waals surface area contributed by atoms with Crippen LogP contribution in [0.5, 0.6) is 5.75 Å². The van der Waals surface area contributed by atoms with Gasteiger partial charge in [0.05, 0.1) is 0 Å². The van der Waals surface area contributed by atoms with Crippen LogP contribution in [0, 0.1) is 12.3 Å². The van der Waals surface area contributed by atoms with Gasteiger partial charge in [0.25, 0.3) is 0 Å². The summed E-state index contributed by atoms with van der Waals surface area (Å²) in [5.74, 6) is 0.943. The molecule has 0 aromatic heterocycles. The number of benzene rings is 1. The van der Waals surface area contributed by atoms with E-state index in [-0.39, 0.29) is 5.41 Å². The molecule has 1 fully saturated rings. The molecule has 2 unspecified atom stereocenters. The molecule has 1 aromatic carbocycles. The molecule has 1 aliphatic carbocycles. The van der Waals surface area contributed by atoms with Gasteiger partial charge in [-0.2, -0.15) is 0 Å². The van der Waals surface area contributed by atoms with Crippen LogP contribution in [0.25, 0.3) is 0 Å². The SMILES string of the molecule is CCNC1CC(Oc2ccc(Cl)c(C)c2)C1(CC)CC. The van der Waals surface area contributed by atoms with E-state index in [0.717, 1.165) is 42.1 Å². The van der Waals surface area contributed by atoms with Crippen LogP contribution in [0.4, 0.5) is 0 Å².